The maximum Gasteiger partial charge on any atom is 0.166 e. The molecule has 0 radical (unpaired) electrons. The summed E-state index contributed by atoms with van der Waals surface area (Å²) >= 11 is 0. The summed E-state index contributed by atoms with van der Waals surface area (Å²) in [5.41, 5.74) is 6.09. The normalized spacial score (nSPS) is 10.5. The van der Waals surface area contributed by atoms with Crippen LogP contribution in [0.2, 0.25) is 0 Å². The van der Waals surface area contributed by atoms with Crippen LogP contribution in [0.3, 0.4) is 0 Å². The Hall–Kier alpha value is -1.16. The van der Waals surface area contributed by atoms with Crippen LogP contribution in [-0.4, -0.2) is 22.1 Å². The van der Waals surface area contributed by atoms with E-state index < -0.39 is 0 Å². The van der Waals surface area contributed by atoms with Crippen molar-refractivity contribution in [3.05, 3.63) is 18.0 Å². The van der Waals surface area contributed by atoms with E-state index in [1.54, 1.807) is 6.20 Å². The van der Waals surface area contributed by atoms with Crippen LogP contribution in [0.5, 0.6) is 0 Å². The number of nitrogens with two attached hydrogens (primary N) is 1. The van der Waals surface area contributed by atoms with Crippen LogP contribution < -0.4 is 5.73 Å². The van der Waals surface area contributed by atoms with Crippen LogP contribution in [0.1, 0.15) is 43.0 Å². The average Bonchev–Trinajstić information content (AvgIpc) is 2.67. The average molecular weight is 209 g/mol. The fourth-order valence-corrected chi connectivity index (χ4v) is 1.43. The van der Waals surface area contributed by atoms with Crippen molar-refractivity contribution in [1.29, 1.82) is 0 Å². The third-order valence-electron chi connectivity index (χ3n) is 2.27. The van der Waals surface area contributed by atoms with E-state index in [9.17, 15) is 4.79 Å². The number of ketones is 1. The minimum absolute atomic E-state index is 0.172. The smallest absolute Gasteiger partial charge is 0.166 e. The van der Waals surface area contributed by atoms with Gasteiger partial charge in [0, 0.05) is 19.2 Å². The first-order valence-corrected chi connectivity index (χ1v) is 5.53. The molecule has 0 aliphatic carbocycles. The first-order chi connectivity index (χ1) is 7.27. The molecule has 0 saturated carbocycles. The highest BCUT2D eigenvalue weighted by atomic mass is 16.1. The van der Waals surface area contributed by atoms with Gasteiger partial charge < -0.3 is 5.73 Å². The van der Waals surface area contributed by atoms with Crippen molar-refractivity contribution in [1.82, 2.24) is 9.78 Å². The highest BCUT2D eigenvalue weighted by Gasteiger charge is 2.07. The van der Waals surface area contributed by atoms with Crippen molar-refractivity contribution in [2.45, 2.75) is 39.2 Å². The quantitative estimate of drug-likeness (QED) is 0.548. The van der Waals surface area contributed by atoms with Gasteiger partial charge in [-0.05, 0) is 25.8 Å². The molecule has 0 atom stereocenters. The number of Topliss-reactive ketones (excluding diaryl/α,β-unsaturated/α-hetero) is 1. The zero-order valence-corrected chi connectivity index (χ0v) is 9.28. The van der Waals surface area contributed by atoms with Crippen molar-refractivity contribution < 1.29 is 4.79 Å². The number of rotatable bonds is 7. The van der Waals surface area contributed by atoms with E-state index in [-0.39, 0.29) is 5.78 Å². The molecule has 1 aromatic rings. The van der Waals surface area contributed by atoms with Crippen LogP contribution >= 0.6 is 0 Å². The zero-order valence-electron chi connectivity index (χ0n) is 9.28. The second kappa shape index (κ2) is 6.35. The largest absolute Gasteiger partial charge is 0.330 e. The Morgan fingerprint density at radius 2 is 2.33 bits per heavy atom. The molecule has 15 heavy (non-hydrogen) atoms. The molecule has 0 bridgehead atoms. The Kier molecular flexibility index (Phi) is 5.04. The van der Waals surface area contributed by atoms with Crippen LogP contribution in [-0.2, 0) is 6.54 Å². The maximum absolute atomic E-state index is 11.6. The lowest BCUT2D eigenvalue weighted by atomic mass is 10.1. The molecule has 4 heteroatoms. The van der Waals surface area contributed by atoms with Crippen LogP contribution in [0.15, 0.2) is 12.4 Å². The molecule has 1 heterocycles. The van der Waals surface area contributed by atoms with Crippen molar-refractivity contribution in [3.63, 3.8) is 0 Å². The molecule has 4 nitrogen and oxygen atoms in total. The van der Waals surface area contributed by atoms with Gasteiger partial charge in [-0.3, -0.25) is 9.48 Å². The Morgan fingerprint density at radius 1 is 1.53 bits per heavy atom. The summed E-state index contributed by atoms with van der Waals surface area (Å²) < 4.78 is 1.82. The summed E-state index contributed by atoms with van der Waals surface area (Å²) in [5, 5.41) is 4.13. The molecule has 0 aliphatic rings. The molecular formula is C11H19N3O. The molecular weight excluding hydrogens is 190 g/mol. The number of hydrogen-bond acceptors (Lipinski definition) is 3. The highest BCUT2D eigenvalue weighted by Crippen LogP contribution is 2.06. The molecule has 0 unspecified atom stereocenters. The lowest BCUT2D eigenvalue weighted by Gasteiger charge is -1.97. The molecule has 0 fully saturated rings. The SMILES string of the molecule is CCCn1cc(C(=O)CCCCN)cn1. The number of nitrogens with zero attached hydrogens (tertiary/aromatic N) is 2. The van der Waals surface area contributed by atoms with E-state index in [1.807, 2.05) is 10.9 Å². The van der Waals surface area contributed by atoms with Crippen molar-refractivity contribution in [2.75, 3.05) is 6.54 Å². The fraction of sp³-hybridized carbons (Fsp3) is 0.636. The summed E-state index contributed by atoms with van der Waals surface area (Å²) in [7, 11) is 0. The molecule has 2 N–H and O–H groups in total. The third-order valence-corrected chi connectivity index (χ3v) is 2.27. The standard InChI is InChI=1S/C11H19N3O/c1-2-7-14-9-10(8-13-14)11(15)5-3-4-6-12/h8-9H,2-7,12H2,1H3. The minimum atomic E-state index is 0.172. The Bertz CT molecular complexity index is 307. The lowest BCUT2D eigenvalue weighted by molar-refractivity contribution is 0.0979. The Labute approximate surface area is 90.5 Å². The predicted molar refractivity (Wildman–Crippen MR) is 59.8 cm³/mol. The number of unbranched alkanes of at least 4 members (excludes halogenated alkanes) is 1. The second-order valence-corrected chi connectivity index (χ2v) is 3.66. The van der Waals surface area contributed by atoms with Gasteiger partial charge in [-0.25, -0.2) is 0 Å². The zero-order chi connectivity index (χ0) is 11.1. The number of carbonyl (C=O) groups excluding carboxylic acids is 1. The van der Waals surface area contributed by atoms with E-state index in [4.69, 9.17) is 5.73 Å². The van der Waals surface area contributed by atoms with Gasteiger partial charge in [-0.2, -0.15) is 5.10 Å². The summed E-state index contributed by atoms with van der Waals surface area (Å²) in [4.78, 5) is 11.6. The van der Waals surface area contributed by atoms with Crippen molar-refractivity contribution in [3.8, 4) is 0 Å². The molecule has 0 spiro atoms. The molecule has 1 rings (SSSR count). The van der Waals surface area contributed by atoms with Gasteiger partial charge >= 0.3 is 0 Å². The van der Waals surface area contributed by atoms with Crippen LogP contribution in [0.25, 0.3) is 0 Å². The fourth-order valence-electron chi connectivity index (χ4n) is 1.43. The Balaban J connectivity index is 2.43. The van der Waals surface area contributed by atoms with E-state index in [2.05, 4.69) is 12.0 Å². The van der Waals surface area contributed by atoms with Crippen LogP contribution in [0.4, 0.5) is 0 Å². The summed E-state index contributed by atoms with van der Waals surface area (Å²) in [6, 6.07) is 0. The predicted octanol–water partition coefficient (Wildman–Crippen LogP) is 1.60. The number of hydrogen-bond donors (Lipinski definition) is 1. The van der Waals surface area contributed by atoms with Gasteiger partial charge in [0.05, 0.1) is 11.8 Å². The van der Waals surface area contributed by atoms with Gasteiger partial charge in [0.25, 0.3) is 0 Å². The first kappa shape index (κ1) is 11.9. The Morgan fingerprint density at radius 3 is 3.00 bits per heavy atom. The van der Waals surface area contributed by atoms with Gasteiger partial charge in [0.1, 0.15) is 0 Å². The molecule has 0 saturated heterocycles. The number of aromatic nitrogens is 2. The second-order valence-electron chi connectivity index (χ2n) is 3.66. The first-order valence-electron chi connectivity index (χ1n) is 5.53. The van der Waals surface area contributed by atoms with Crippen molar-refractivity contribution >= 4 is 5.78 Å². The molecule has 1 aromatic heterocycles. The summed E-state index contributed by atoms with van der Waals surface area (Å²) in [6.07, 6.45) is 6.87. The van der Waals surface area contributed by atoms with Gasteiger partial charge in [-0.1, -0.05) is 6.92 Å². The van der Waals surface area contributed by atoms with Gasteiger partial charge in [0.15, 0.2) is 5.78 Å². The topological polar surface area (TPSA) is 60.9 Å². The summed E-state index contributed by atoms with van der Waals surface area (Å²) in [6.45, 7) is 3.61. The molecule has 0 amide bonds. The van der Waals surface area contributed by atoms with E-state index in [1.165, 1.54) is 0 Å². The number of carbonyl (C=O) groups is 1. The van der Waals surface area contributed by atoms with Crippen LogP contribution in [0, 0.1) is 0 Å². The van der Waals surface area contributed by atoms with E-state index >= 15 is 0 Å². The van der Waals surface area contributed by atoms with Gasteiger partial charge in [-0.15, -0.1) is 0 Å². The molecule has 84 valence electrons. The van der Waals surface area contributed by atoms with Crippen molar-refractivity contribution in [2.24, 2.45) is 5.73 Å². The van der Waals surface area contributed by atoms with Gasteiger partial charge in [0.2, 0.25) is 0 Å². The van der Waals surface area contributed by atoms with E-state index in [0.29, 0.717) is 13.0 Å². The molecule has 0 aliphatic heterocycles. The monoisotopic (exact) mass is 209 g/mol. The summed E-state index contributed by atoms with van der Waals surface area (Å²) in [5.74, 6) is 0.172. The minimum Gasteiger partial charge on any atom is -0.330 e. The lowest BCUT2D eigenvalue weighted by Crippen LogP contribution is -2.02. The van der Waals surface area contributed by atoms with E-state index in [0.717, 1.165) is 31.4 Å². The molecule has 0 aromatic carbocycles. The number of aryl methyl sites for hydroxylation is 1. The highest BCUT2D eigenvalue weighted by molar-refractivity contribution is 5.95. The maximum atomic E-state index is 11.6. The third kappa shape index (κ3) is 3.83.